The fourth-order valence-corrected chi connectivity index (χ4v) is 0. The van der Waals surface area contributed by atoms with Crippen LogP contribution in [0.25, 0.3) is 0 Å². The minimum atomic E-state index is -1.35. The molecule has 0 saturated heterocycles. The third-order valence-electron chi connectivity index (χ3n) is 0.138. The Labute approximate surface area is 35.0 Å². The van der Waals surface area contributed by atoms with Crippen LogP contribution in [0.1, 0.15) is 0 Å². The Kier molecular flexibility index (Phi) is 2.55. The second-order valence-electron chi connectivity index (χ2n) is 0.635. The molecule has 0 radical (unpaired) electrons. The lowest BCUT2D eigenvalue weighted by molar-refractivity contribution is -0.0197. The summed E-state index contributed by atoms with van der Waals surface area (Å²) in [6, 6.07) is 0. The summed E-state index contributed by atoms with van der Waals surface area (Å²) in [6.07, 6.45) is -1.35. The first kappa shape index (κ1) is 5.21. The van der Waals surface area contributed by atoms with Gasteiger partial charge in [-0.1, -0.05) is 0 Å². The Balaban J connectivity index is 2.54. The number of hydrogen-bond donors (Lipinski definition) is 2. The molecule has 0 spiro atoms. The molecule has 0 aromatic carbocycles. The molecule has 0 aliphatic rings. The zero-order valence-corrected chi connectivity index (χ0v) is 3.31. The lowest BCUT2D eigenvalue weighted by atomic mass is 10.8. The fourth-order valence-electron chi connectivity index (χ4n) is 0. The zero-order valence-electron chi connectivity index (χ0n) is 2.56. The van der Waals surface area contributed by atoms with Crippen LogP contribution in [0.5, 0.6) is 0 Å². The van der Waals surface area contributed by atoms with Crippen molar-refractivity contribution in [2.45, 2.75) is 6.29 Å². The lowest BCUT2D eigenvalue weighted by Crippen LogP contribution is -2.03. The molecule has 0 heterocycles. The van der Waals surface area contributed by atoms with Gasteiger partial charge in [-0.2, -0.15) is 0 Å². The molecule has 2 nitrogen and oxygen atoms in total. The van der Waals surface area contributed by atoms with E-state index in [1.807, 2.05) is 0 Å². The van der Waals surface area contributed by atoms with Crippen molar-refractivity contribution in [3.63, 3.8) is 0 Å². The number of aliphatic hydroxyl groups excluding tert-OH is 1. The highest BCUT2D eigenvalue weighted by Crippen LogP contribution is 1.76. The van der Waals surface area contributed by atoms with Crippen LogP contribution in [0.2, 0.25) is 0 Å². The quantitative estimate of drug-likeness (QED) is 0.343. The van der Waals surface area contributed by atoms with E-state index in [4.69, 9.17) is 21.8 Å². The minimum absolute atomic E-state index is 0.111. The van der Waals surface area contributed by atoms with Crippen LogP contribution in [0, 0.1) is 0 Å². The number of rotatable bonds is 1. The van der Waals surface area contributed by atoms with Crippen LogP contribution in [0.3, 0.4) is 0 Å². The van der Waals surface area contributed by atoms with E-state index in [2.05, 4.69) is 0 Å². The molecule has 5 heavy (non-hydrogen) atoms. The van der Waals surface area contributed by atoms with Gasteiger partial charge >= 0.3 is 0 Å². The Hall–Kier alpha value is 0.210. The SMILES string of the molecule is OC(O)CCl. The molecule has 0 amide bonds. The molecule has 3 heteroatoms. The first-order chi connectivity index (χ1) is 2.27. The lowest BCUT2D eigenvalue weighted by Gasteiger charge is -1.88. The summed E-state index contributed by atoms with van der Waals surface area (Å²) in [5.41, 5.74) is 0. The Morgan fingerprint density at radius 3 is 1.80 bits per heavy atom. The second kappa shape index (κ2) is 2.45. The van der Waals surface area contributed by atoms with Crippen molar-refractivity contribution in [2.24, 2.45) is 0 Å². The van der Waals surface area contributed by atoms with Gasteiger partial charge in [0, 0.05) is 0 Å². The predicted molar refractivity (Wildman–Crippen MR) is 18.9 cm³/mol. The highest BCUT2D eigenvalue weighted by atomic mass is 35.5. The molecule has 0 saturated carbocycles. The van der Waals surface area contributed by atoms with Crippen molar-refractivity contribution in [1.82, 2.24) is 0 Å². The van der Waals surface area contributed by atoms with Crippen molar-refractivity contribution in [1.29, 1.82) is 0 Å². The Morgan fingerprint density at radius 1 is 1.60 bits per heavy atom. The maximum absolute atomic E-state index is 7.78. The predicted octanol–water partition coefficient (Wildman–Crippen LogP) is -0.464. The van der Waals surface area contributed by atoms with Gasteiger partial charge in [0.05, 0.1) is 5.88 Å². The summed E-state index contributed by atoms with van der Waals surface area (Å²) in [6.45, 7) is 0. The molecule has 0 bridgehead atoms. The van der Waals surface area contributed by atoms with Gasteiger partial charge in [-0.05, 0) is 0 Å². The summed E-state index contributed by atoms with van der Waals surface area (Å²) in [7, 11) is 0. The van der Waals surface area contributed by atoms with Gasteiger partial charge in [-0.25, -0.2) is 0 Å². The van der Waals surface area contributed by atoms with Crippen molar-refractivity contribution in [2.75, 3.05) is 5.88 Å². The molecule has 2 N–H and O–H groups in total. The third-order valence-corrected chi connectivity index (χ3v) is 0.414. The van der Waals surface area contributed by atoms with Gasteiger partial charge in [-0.15, -0.1) is 11.6 Å². The maximum Gasteiger partial charge on any atom is 0.165 e. The highest BCUT2D eigenvalue weighted by Gasteiger charge is 1.85. The van der Waals surface area contributed by atoms with Crippen LogP contribution in [-0.4, -0.2) is 22.4 Å². The Bertz CT molecular complexity index is 21.6. The molecule has 32 valence electrons. The van der Waals surface area contributed by atoms with Gasteiger partial charge in [0.15, 0.2) is 6.29 Å². The van der Waals surface area contributed by atoms with Crippen molar-refractivity contribution >= 4 is 11.6 Å². The highest BCUT2D eigenvalue weighted by molar-refractivity contribution is 6.18. The van der Waals surface area contributed by atoms with Crippen molar-refractivity contribution in [3.8, 4) is 0 Å². The monoisotopic (exact) mass is 96.0 g/mol. The molecular formula is C2H5ClO2. The molecule has 0 unspecified atom stereocenters. The van der Waals surface area contributed by atoms with Gasteiger partial charge in [0.2, 0.25) is 0 Å². The van der Waals surface area contributed by atoms with E-state index in [1.54, 1.807) is 0 Å². The molecule has 0 rings (SSSR count). The fraction of sp³-hybridized carbons (Fsp3) is 1.00. The average Bonchev–Trinajstić information content (AvgIpc) is 1.38. The standard InChI is InChI=1S/C2H5ClO2/c3-1-2(4)5/h2,4-5H,1H2. The van der Waals surface area contributed by atoms with E-state index in [0.717, 1.165) is 0 Å². The maximum atomic E-state index is 7.78. The van der Waals surface area contributed by atoms with E-state index >= 15 is 0 Å². The van der Waals surface area contributed by atoms with Crippen molar-refractivity contribution < 1.29 is 10.2 Å². The van der Waals surface area contributed by atoms with Crippen LogP contribution in [-0.2, 0) is 0 Å². The topological polar surface area (TPSA) is 40.5 Å². The summed E-state index contributed by atoms with van der Waals surface area (Å²) in [5.74, 6) is -0.111. The summed E-state index contributed by atoms with van der Waals surface area (Å²) in [5, 5.41) is 15.6. The summed E-state index contributed by atoms with van der Waals surface area (Å²) < 4.78 is 0. The minimum Gasteiger partial charge on any atom is -0.367 e. The van der Waals surface area contributed by atoms with Crippen LogP contribution < -0.4 is 0 Å². The number of halogens is 1. The summed E-state index contributed by atoms with van der Waals surface area (Å²) >= 11 is 4.84. The first-order valence-electron chi connectivity index (χ1n) is 1.19. The Morgan fingerprint density at radius 2 is 1.80 bits per heavy atom. The number of aliphatic hydroxyl groups is 2. The summed E-state index contributed by atoms with van der Waals surface area (Å²) in [4.78, 5) is 0. The normalized spacial score (nSPS) is 9.60. The first-order valence-corrected chi connectivity index (χ1v) is 1.73. The van der Waals surface area contributed by atoms with Gasteiger partial charge in [-0.3, -0.25) is 0 Å². The molecular weight excluding hydrogens is 91.5 g/mol. The third kappa shape index (κ3) is 4.21. The molecule has 0 aliphatic heterocycles. The van der Waals surface area contributed by atoms with Gasteiger partial charge < -0.3 is 10.2 Å². The van der Waals surface area contributed by atoms with E-state index in [-0.39, 0.29) is 5.88 Å². The second-order valence-corrected chi connectivity index (χ2v) is 0.944. The van der Waals surface area contributed by atoms with Crippen LogP contribution in [0.15, 0.2) is 0 Å². The average molecular weight is 96.5 g/mol. The molecule has 0 aromatic heterocycles. The molecule has 0 aliphatic carbocycles. The van der Waals surface area contributed by atoms with E-state index in [9.17, 15) is 0 Å². The molecule has 0 atom stereocenters. The largest absolute Gasteiger partial charge is 0.367 e. The van der Waals surface area contributed by atoms with Crippen molar-refractivity contribution in [3.05, 3.63) is 0 Å². The van der Waals surface area contributed by atoms with Crippen LogP contribution >= 0.6 is 11.6 Å². The number of alkyl halides is 1. The molecule has 0 fully saturated rings. The zero-order chi connectivity index (χ0) is 4.28. The van der Waals surface area contributed by atoms with Crippen LogP contribution in [0.4, 0.5) is 0 Å². The van der Waals surface area contributed by atoms with E-state index < -0.39 is 6.29 Å². The van der Waals surface area contributed by atoms with Gasteiger partial charge in [0.25, 0.3) is 0 Å². The van der Waals surface area contributed by atoms with Gasteiger partial charge in [0.1, 0.15) is 0 Å². The van der Waals surface area contributed by atoms with E-state index in [0.29, 0.717) is 0 Å². The van der Waals surface area contributed by atoms with E-state index in [1.165, 1.54) is 0 Å². The molecule has 0 aromatic rings. The number of hydrogen-bond acceptors (Lipinski definition) is 2. The smallest absolute Gasteiger partial charge is 0.165 e.